The quantitative estimate of drug-likeness (QED) is 0.654. The lowest BCUT2D eigenvalue weighted by molar-refractivity contribution is 0.982. The topological polar surface area (TPSA) is 62.7 Å². The van der Waals surface area contributed by atoms with Crippen LogP contribution in [-0.4, -0.2) is 15.2 Å². The molecule has 5 nitrogen and oxygen atoms in total. The number of hydrogen-bond acceptors (Lipinski definition) is 5. The molecule has 0 amide bonds. The number of anilines is 4. The van der Waals surface area contributed by atoms with Gasteiger partial charge in [-0.05, 0) is 36.4 Å². The molecule has 0 fully saturated rings. The summed E-state index contributed by atoms with van der Waals surface area (Å²) in [7, 11) is 0. The molecule has 3 aromatic rings. The van der Waals surface area contributed by atoms with E-state index in [1.54, 1.807) is 30.3 Å². The molecule has 2 N–H and O–H groups in total. The van der Waals surface area contributed by atoms with Crippen molar-refractivity contribution in [3.63, 3.8) is 0 Å². The van der Waals surface area contributed by atoms with E-state index in [2.05, 4.69) is 25.8 Å². The van der Waals surface area contributed by atoms with Gasteiger partial charge in [0.25, 0.3) is 0 Å². The van der Waals surface area contributed by atoms with Crippen LogP contribution in [0.1, 0.15) is 0 Å². The van der Waals surface area contributed by atoms with E-state index in [1.807, 2.05) is 12.1 Å². The summed E-state index contributed by atoms with van der Waals surface area (Å²) in [6.07, 6.45) is 1.49. The number of halogens is 3. The van der Waals surface area contributed by atoms with Crippen molar-refractivity contribution in [2.45, 2.75) is 0 Å². The lowest BCUT2D eigenvalue weighted by atomic mass is 10.3. The molecule has 0 aliphatic rings. The molecule has 1 aromatic heterocycles. The summed E-state index contributed by atoms with van der Waals surface area (Å²) in [6.45, 7) is 0. The van der Waals surface area contributed by atoms with Crippen molar-refractivity contribution in [3.05, 3.63) is 63.7 Å². The van der Waals surface area contributed by atoms with Gasteiger partial charge in [-0.25, -0.2) is 0 Å². The van der Waals surface area contributed by atoms with E-state index in [9.17, 15) is 0 Å². The standard InChI is InChI=1S/C15H10Cl3N5/c16-9-2-1-3-11(6-9)20-15-22-14(8-19-23-15)21-13-5-4-10(17)7-12(13)18/h1-8H,(H2,20,21,22,23). The van der Waals surface area contributed by atoms with Crippen LogP contribution < -0.4 is 10.6 Å². The zero-order valence-corrected chi connectivity index (χ0v) is 13.9. The lowest BCUT2D eigenvalue weighted by Crippen LogP contribution is -2.02. The van der Waals surface area contributed by atoms with Crippen LogP contribution in [0.4, 0.5) is 23.1 Å². The molecule has 0 radical (unpaired) electrons. The van der Waals surface area contributed by atoms with Crippen LogP contribution in [0.3, 0.4) is 0 Å². The highest BCUT2D eigenvalue weighted by molar-refractivity contribution is 6.36. The van der Waals surface area contributed by atoms with Gasteiger partial charge in [-0.1, -0.05) is 40.9 Å². The first-order valence-electron chi connectivity index (χ1n) is 6.54. The Morgan fingerprint density at radius 3 is 2.48 bits per heavy atom. The van der Waals surface area contributed by atoms with Crippen molar-refractivity contribution in [3.8, 4) is 0 Å². The summed E-state index contributed by atoms with van der Waals surface area (Å²) in [5.41, 5.74) is 1.44. The highest BCUT2D eigenvalue weighted by atomic mass is 35.5. The van der Waals surface area contributed by atoms with Gasteiger partial charge in [0.1, 0.15) is 0 Å². The molecule has 0 atom stereocenters. The van der Waals surface area contributed by atoms with Crippen LogP contribution in [0, 0.1) is 0 Å². The first-order chi connectivity index (χ1) is 11.1. The highest BCUT2D eigenvalue weighted by Gasteiger charge is 2.05. The normalized spacial score (nSPS) is 10.4. The molecule has 0 saturated carbocycles. The van der Waals surface area contributed by atoms with Gasteiger partial charge < -0.3 is 10.6 Å². The van der Waals surface area contributed by atoms with Gasteiger partial charge in [0, 0.05) is 15.7 Å². The Balaban J connectivity index is 1.79. The second-order valence-electron chi connectivity index (χ2n) is 4.55. The highest BCUT2D eigenvalue weighted by Crippen LogP contribution is 2.27. The minimum Gasteiger partial charge on any atom is -0.338 e. The third-order valence-electron chi connectivity index (χ3n) is 2.83. The number of benzene rings is 2. The fourth-order valence-corrected chi connectivity index (χ4v) is 2.49. The molecular weight excluding hydrogens is 357 g/mol. The van der Waals surface area contributed by atoms with Gasteiger partial charge >= 0.3 is 0 Å². The smallest absolute Gasteiger partial charge is 0.249 e. The predicted molar refractivity (Wildman–Crippen MR) is 94.3 cm³/mol. The van der Waals surface area contributed by atoms with Crippen LogP contribution in [0.15, 0.2) is 48.7 Å². The maximum Gasteiger partial charge on any atom is 0.249 e. The van der Waals surface area contributed by atoms with Crippen LogP contribution >= 0.6 is 34.8 Å². The molecule has 0 unspecified atom stereocenters. The molecular formula is C15H10Cl3N5. The maximum atomic E-state index is 6.13. The Labute approximate surface area is 147 Å². The molecule has 0 bridgehead atoms. The number of nitrogens with one attached hydrogen (secondary N) is 2. The van der Waals surface area contributed by atoms with E-state index in [0.717, 1.165) is 5.69 Å². The monoisotopic (exact) mass is 365 g/mol. The minimum absolute atomic E-state index is 0.336. The average molecular weight is 367 g/mol. The molecule has 0 aliphatic heterocycles. The number of nitrogens with zero attached hydrogens (tertiary/aromatic N) is 3. The Morgan fingerprint density at radius 2 is 1.70 bits per heavy atom. The summed E-state index contributed by atoms with van der Waals surface area (Å²) in [5.74, 6) is 0.830. The van der Waals surface area contributed by atoms with E-state index < -0.39 is 0 Å². The minimum atomic E-state index is 0.336. The Morgan fingerprint density at radius 1 is 0.870 bits per heavy atom. The molecule has 23 heavy (non-hydrogen) atoms. The molecule has 0 saturated heterocycles. The van der Waals surface area contributed by atoms with Crippen LogP contribution in [0.2, 0.25) is 15.1 Å². The van der Waals surface area contributed by atoms with E-state index in [0.29, 0.717) is 32.5 Å². The third-order valence-corrected chi connectivity index (χ3v) is 3.62. The molecule has 0 spiro atoms. The number of hydrogen-bond donors (Lipinski definition) is 2. The van der Waals surface area contributed by atoms with Crippen molar-refractivity contribution < 1.29 is 0 Å². The zero-order chi connectivity index (χ0) is 16.2. The maximum absolute atomic E-state index is 6.13. The molecule has 8 heteroatoms. The van der Waals surface area contributed by atoms with Crippen molar-refractivity contribution >= 4 is 57.9 Å². The largest absolute Gasteiger partial charge is 0.338 e. The van der Waals surface area contributed by atoms with Crippen molar-refractivity contribution in [2.24, 2.45) is 0 Å². The van der Waals surface area contributed by atoms with Gasteiger partial charge in [-0.15, -0.1) is 5.10 Å². The van der Waals surface area contributed by atoms with Crippen LogP contribution in [0.5, 0.6) is 0 Å². The third kappa shape index (κ3) is 4.22. The Kier molecular flexibility index (Phi) is 4.81. The van der Waals surface area contributed by atoms with E-state index in [-0.39, 0.29) is 0 Å². The van der Waals surface area contributed by atoms with Crippen molar-refractivity contribution in [1.82, 2.24) is 15.2 Å². The molecule has 1 heterocycles. The second kappa shape index (κ2) is 7.00. The molecule has 116 valence electrons. The first-order valence-corrected chi connectivity index (χ1v) is 7.68. The van der Waals surface area contributed by atoms with Crippen molar-refractivity contribution in [2.75, 3.05) is 10.6 Å². The summed E-state index contributed by atoms with van der Waals surface area (Å²) in [6, 6.07) is 12.4. The first kappa shape index (κ1) is 15.8. The summed E-state index contributed by atoms with van der Waals surface area (Å²) in [5, 5.41) is 15.6. The molecule has 3 rings (SSSR count). The number of rotatable bonds is 4. The fraction of sp³-hybridized carbons (Fsp3) is 0. The van der Waals surface area contributed by atoms with E-state index in [1.165, 1.54) is 6.20 Å². The second-order valence-corrected chi connectivity index (χ2v) is 5.83. The van der Waals surface area contributed by atoms with Gasteiger partial charge in [-0.2, -0.15) is 10.1 Å². The lowest BCUT2D eigenvalue weighted by Gasteiger charge is -2.09. The van der Waals surface area contributed by atoms with Gasteiger partial charge in [0.15, 0.2) is 5.82 Å². The van der Waals surface area contributed by atoms with Crippen LogP contribution in [0.25, 0.3) is 0 Å². The Hall–Kier alpha value is -2.08. The van der Waals surface area contributed by atoms with E-state index >= 15 is 0 Å². The summed E-state index contributed by atoms with van der Waals surface area (Å²) >= 11 is 17.9. The summed E-state index contributed by atoms with van der Waals surface area (Å²) < 4.78 is 0. The summed E-state index contributed by atoms with van der Waals surface area (Å²) in [4.78, 5) is 4.33. The van der Waals surface area contributed by atoms with Crippen LogP contribution in [-0.2, 0) is 0 Å². The number of aromatic nitrogens is 3. The SMILES string of the molecule is Clc1cccc(Nc2nncc(Nc3ccc(Cl)cc3Cl)n2)c1. The zero-order valence-electron chi connectivity index (χ0n) is 11.6. The van der Waals surface area contributed by atoms with E-state index in [4.69, 9.17) is 34.8 Å². The molecule has 2 aromatic carbocycles. The Bertz CT molecular complexity index is 841. The fourth-order valence-electron chi connectivity index (χ4n) is 1.84. The predicted octanol–water partition coefficient (Wildman–Crippen LogP) is 5.32. The van der Waals surface area contributed by atoms with Gasteiger partial charge in [0.2, 0.25) is 5.95 Å². The van der Waals surface area contributed by atoms with Gasteiger partial charge in [-0.3, -0.25) is 0 Å². The molecule has 0 aliphatic carbocycles. The van der Waals surface area contributed by atoms with Gasteiger partial charge in [0.05, 0.1) is 16.9 Å². The average Bonchev–Trinajstić information content (AvgIpc) is 2.51. The van der Waals surface area contributed by atoms with Crippen molar-refractivity contribution in [1.29, 1.82) is 0 Å².